The molecule has 2 heterocycles. The highest BCUT2D eigenvalue weighted by Crippen LogP contribution is 2.37. The number of ketones is 1. The number of carbonyl (C=O) groups excluding carboxylic acids is 1. The van der Waals surface area contributed by atoms with Gasteiger partial charge in [0.05, 0.1) is 16.9 Å². The van der Waals surface area contributed by atoms with Crippen LogP contribution in [0.1, 0.15) is 46.3 Å². The summed E-state index contributed by atoms with van der Waals surface area (Å²) in [5.41, 5.74) is 4.45. The zero-order chi connectivity index (χ0) is 21.5. The van der Waals surface area contributed by atoms with Crippen LogP contribution < -0.4 is 10.6 Å². The topological polar surface area (TPSA) is 74.2 Å². The van der Waals surface area contributed by atoms with Crippen LogP contribution in [0.15, 0.2) is 42.6 Å². The second kappa shape index (κ2) is 7.69. The maximum atomic E-state index is 14.4. The van der Waals surface area contributed by atoms with Crippen LogP contribution in [0.2, 0.25) is 0 Å². The van der Waals surface area contributed by atoms with E-state index in [2.05, 4.69) is 27.8 Å². The molecule has 1 aliphatic carbocycles. The molecular formula is C25H24FN3O2. The Labute approximate surface area is 180 Å². The maximum Gasteiger partial charge on any atom is 0.173 e. The van der Waals surface area contributed by atoms with Crippen molar-refractivity contribution >= 4 is 28.7 Å². The minimum absolute atomic E-state index is 0.0142. The van der Waals surface area contributed by atoms with Crippen molar-refractivity contribution in [1.29, 1.82) is 0 Å². The van der Waals surface area contributed by atoms with Gasteiger partial charge in [-0.1, -0.05) is 25.0 Å². The second-order valence-corrected chi connectivity index (χ2v) is 8.52. The molecule has 5 nitrogen and oxygen atoms in total. The van der Waals surface area contributed by atoms with E-state index in [1.54, 1.807) is 19.2 Å². The predicted molar refractivity (Wildman–Crippen MR) is 119 cm³/mol. The van der Waals surface area contributed by atoms with Gasteiger partial charge in [-0.25, -0.2) is 9.37 Å². The van der Waals surface area contributed by atoms with Gasteiger partial charge in [0, 0.05) is 24.4 Å². The van der Waals surface area contributed by atoms with Crippen LogP contribution in [0.5, 0.6) is 5.75 Å². The monoisotopic (exact) mass is 417 g/mol. The van der Waals surface area contributed by atoms with Crippen molar-refractivity contribution in [2.45, 2.75) is 39.0 Å². The van der Waals surface area contributed by atoms with Crippen molar-refractivity contribution in [3.63, 3.8) is 0 Å². The number of pyridine rings is 1. The summed E-state index contributed by atoms with van der Waals surface area (Å²) < 4.78 is 14.4. The fraction of sp³-hybridized carbons (Fsp3) is 0.280. The molecular weight excluding hydrogens is 393 g/mol. The number of anilines is 4. The van der Waals surface area contributed by atoms with Gasteiger partial charge in [-0.05, 0) is 60.6 Å². The molecule has 5 rings (SSSR count). The first kappa shape index (κ1) is 19.5. The number of hydrogen-bond acceptors (Lipinski definition) is 5. The third kappa shape index (κ3) is 3.98. The van der Waals surface area contributed by atoms with E-state index in [0.29, 0.717) is 22.6 Å². The van der Waals surface area contributed by atoms with Gasteiger partial charge in [0.1, 0.15) is 17.4 Å². The molecule has 1 saturated carbocycles. The van der Waals surface area contributed by atoms with Crippen molar-refractivity contribution in [1.82, 2.24) is 4.98 Å². The molecule has 0 saturated heterocycles. The van der Waals surface area contributed by atoms with Crippen LogP contribution in [-0.2, 0) is 12.8 Å². The minimum atomic E-state index is -0.501. The van der Waals surface area contributed by atoms with Gasteiger partial charge in [-0.2, -0.15) is 0 Å². The Bertz CT molecular complexity index is 1190. The van der Waals surface area contributed by atoms with Crippen LogP contribution in [0.25, 0.3) is 0 Å². The fourth-order valence-electron chi connectivity index (χ4n) is 4.08. The number of aromatic nitrogens is 1. The number of phenols is 1. The highest BCUT2D eigenvalue weighted by molar-refractivity contribution is 6.09. The molecule has 3 aromatic rings. The SMILES string of the molecule is Cc1cc(F)c(Nc2ccnc3c2C(=O)Cc2cc(CCC4CC4)ccc2N3)cc1O. The molecule has 1 aliphatic heterocycles. The molecule has 2 aliphatic rings. The molecule has 1 aromatic heterocycles. The first-order valence-corrected chi connectivity index (χ1v) is 10.6. The number of Topliss-reactive ketones (excluding diaryl/α,β-unsaturated/α-hetero) is 1. The number of fused-ring (bicyclic) bond motifs is 2. The van der Waals surface area contributed by atoms with Crippen LogP contribution in [0.4, 0.5) is 27.3 Å². The Morgan fingerprint density at radius 3 is 2.84 bits per heavy atom. The highest BCUT2D eigenvalue weighted by Gasteiger charge is 2.25. The molecule has 158 valence electrons. The van der Waals surface area contributed by atoms with E-state index < -0.39 is 5.82 Å². The number of phenolic OH excluding ortho intramolecular Hbond substituents is 1. The smallest absolute Gasteiger partial charge is 0.173 e. The summed E-state index contributed by atoms with van der Waals surface area (Å²) in [6, 6.07) is 10.5. The summed E-state index contributed by atoms with van der Waals surface area (Å²) in [6.07, 6.45) is 6.71. The molecule has 6 heteroatoms. The van der Waals surface area contributed by atoms with E-state index in [4.69, 9.17) is 0 Å². The minimum Gasteiger partial charge on any atom is -0.508 e. The van der Waals surface area contributed by atoms with E-state index in [0.717, 1.165) is 23.6 Å². The number of carbonyl (C=O) groups is 1. The highest BCUT2D eigenvalue weighted by atomic mass is 19.1. The number of benzene rings is 2. The van der Waals surface area contributed by atoms with Crippen molar-refractivity contribution in [2.24, 2.45) is 5.92 Å². The van der Waals surface area contributed by atoms with Gasteiger partial charge in [-0.15, -0.1) is 0 Å². The van der Waals surface area contributed by atoms with Gasteiger partial charge >= 0.3 is 0 Å². The van der Waals surface area contributed by atoms with Crippen LogP contribution in [0, 0.1) is 18.7 Å². The summed E-state index contributed by atoms with van der Waals surface area (Å²) in [7, 11) is 0. The lowest BCUT2D eigenvalue weighted by Gasteiger charge is -2.14. The number of nitrogens with one attached hydrogen (secondary N) is 2. The van der Waals surface area contributed by atoms with E-state index in [-0.39, 0.29) is 23.6 Å². The average molecular weight is 417 g/mol. The van der Waals surface area contributed by atoms with Crippen molar-refractivity contribution in [3.8, 4) is 5.75 Å². The van der Waals surface area contributed by atoms with Gasteiger partial charge in [0.15, 0.2) is 5.78 Å². The number of rotatable bonds is 5. The molecule has 0 bridgehead atoms. The van der Waals surface area contributed by atoms with E-state index in [9.17, 15) is 14.3 Å². The van der Waals surface area contributed by atoms with Gasteiger partial charge < -0.3 is 15.7 Å². The lowest BCUT2D eigenvalue weighted by molar-refractivity contribution is 0.0995. The summed E-state index contributed by atoms with van der Waals surface area (Å²) in [5.74, 6) is 0.699. The Morgan fingerprint density at radius 2 is 2.03 bits per heavy atom. The average Bonchev–Trinajstić information content (AvgIpc) is 3.57. The van der Waals surface area contributed by atoms with E-state index in [1.807, 2.05) is 6.07 Å². The number of aryl methyl sites for hydroxylation is 2. The Balaban J connectivity index is 1.46. The first-order chi connectivity index (χ1) is 15.0. The zero-order valence-electron chi connectivity index (χ0n) is 17.3. The number of halogens is 1. The molecule has 0 atom stereocenters. The largest absolute Gasteiger partial charge is 0.508 e. The third-order valence-corrected chi connectivity index (χ3v) is 6.10. The summed E-state index contributed by atoms with van der Waals surface area (Å²) >= 11 is 0. The maximum absolute atomic E-state index is 14.4. The molecule has 31 heavy (non-hydrogen) atoms. The van der Waals surface area contributed by atoms with E-state index in [1.165, 1.54) is 37.0 Å². The van der Waals surface area contributed by atoms with Crippen molar-refractivity contribution in [2.75, 3.05) is 10.6 Å². The van der Waals surface area contributed by atoms with Crippen LogP contribution >= 0.6 is 0 Å². The van der Waals surface area contributed by atoms with Gasteiger partial charge in [-0.3, -0.25) is 4.79 Å². The standard InChI is InChI=1S/C25H24FN3O2/c1-14-10-18(26)21(13-22(14)30)28-20-8-9-27-25-24(20)23(31)12-17-11-16(5-4-15-2-3-15)6-7-19(17)29-25/h6-11,13,15,30H,2-5,12H2,1H3,(H2,27,28,29). The van der Waals surface area contributed by atoms with Crippen LogP contribution in [0.3, 0.4) is 0 Å². The molecule has 3 N–H and O–H groups in total. The fourth-order valence-corrected chi connectivity index (χ4v) is 4.08. The van der Waals surface area contributed by atoms with Gasteiger partial charge in [0.2, 0.25) is 0 Å². The number of nitrogens with zero attached hydrogens (tertiary/aromatic N) is 1. The third-order valence-electron chi connectivity index (χ3n) is 6.10. The van der Waals surface area contributed by atoms with Gasteiger partial charge in [0.25, 0.3) is 0 Å². The van der Waals surface area contributed by atoms with Crippen LogP contribution in [-0.4, -0.2) is 15.9 Å². The molecule has 2 aromatic carbocycles. The van der Waals surface area contributed by atoms with E-state index >= 15 is 0 Å². The first-order valence-electron chi connectivity index (χ1n) is 10.6. The number of hydrogen-bond donors (Lipinski definition) is 3. The molecule has 0 amide bonds. The molecule has 0 radical (unpaired) electrons. The lowest BCUT2D eigenvalue weighted by Crippen LogP contribution is -2.08. The Morgan fingerprint density at radius 1 is 1.19 bits per heavy atom. The normalized spacial score (nSPS) is 15.0. The summed E-state index contributed by atoms with van der Waals surface area (Å²) in [6.45, 7) is 1.63. The molecule has 0 spiro atoms. The Hall–Kier alpha value is -3.41. The van der Waals surface area contributed by atoms with Crippen molar-refractivity contribution in [3.05, 3.63) is 70.7 Å². The Kier molecular flexibility index (Phi) is 4.85. The molecule has 1 fully saturated rings. The predicted octanol–water partition coefficient (Wildman–Crippen LogP) is 5.80. The number of aromatic hydroxyl groups is 1. The lowest BCUT2D eigenvalue weighted by atomic mass is 9.99. The summed E-state index contributed by atoms with van der Waals surface area (Å²) in [5, 5.41) is 16.2. The quantitative estimate of drug-likeness (QED) is 0.489. The second-order valence-electron chi connectivity index (χ2n) is 8.52. The van der Waals surface area contributed by atoms with Crippen molar-refractivity contribution < 1.29 is 14.3 Å². The zero-order valence-corrected chi connectivity index (χ0v) is 17.3. The molecule has 0 unspecified atom stereocenters. The summed E-state index contributed by atoms with van der Waals surface area (Å²) in [4.78, 5) is 17.6.